The Bertz CT molecular complexity index is 738. The van der Waals surface area contributed by atoms with Gasteiger partial charge in [0.15, 0.2) is 11.5 Å². The van der Waals surface area contributed by atoms with Crippen LogP contribution in [-0.2, 0) is 4.74 Å². The van der Waals surface area contributed by atoms with Crippen LogP contribution in [0.1, 0.15) is 44.1 Å². The van der Waals surface area contributed by atoms with E-state index in [1.807, 2.05) is 0 Å². The molecule has 1 unspecified atom stereocenters. The summed E-state index contributed by atoms with van der Waals surface area (Å²) in [7, 11) is 1.74. The minimum Gasteiger partial charge on any atom is -0.493 e. The first-order valence-electron chi connectivity index (χ1n) is 11.0. The monoisotopic (exact) mass is 384 g/mol. The van der Waals surface area contributed by atoms with E-state index in [1.165, 1.54) is 56.4 Å². The number of fused-ring (bicyclic) bond motifs is 2. The molecule has 0 bridgehead atoms. The maximum absolute atomic E-state index is 6.21. The summed E-state index contributed by atoms with van der Waals surface area (Å²) in [6, 6.07) is 5.41. The lowest BCUT2D eigenvalue weighted by atomic mass is 9.94. The molecule has 1 aromatic carbocycles. The molecule has 5 rings (SSSR count). The van der Waals surface area contributed by atoms with Crippen molar-refractivity contribution in [3.05, 3.63) is 23.3 Å². The maximum Gasteiger partial charge on any atom is 0.163 e. The molecule has 5 nitrogen and oxygen atoms in total. The van der Waals surface area contributed by atoms with Gasteiger partial charge in [-0.15, -0.1) is 0 Å². The van der Waals surface area contributed by atoms with Gasteiger partial charge in [0.1, 0.15) is 0 Å². The Morgan fingerprint density at radius 3 is 2.71 bits per heavy atom. The van der Waals surface area contributed by atoms with E-state index in [1.54, 1.807) is 12.7 Å². The van der Waals surface area contributed by atoms with Crippen molar-refractivity contribution in [3.63, 3.8) is 0 Å². The van der Waals surface area contributed by atoms with Gasteiger partial charge in [0.25, 0.3) is 0 Å². The van der Waals surface area contributed by atoms with Gasteiger partial charge in [0.2, 0.25) is 0 Å². The highest BCUT2D eigenvalue weighted by Gasteiger charge is 2.39. The lowest BCUT2D eigenvalue weighted by Crippen LogP contribution is -2.54. The summed E-state index contributed by atoms with van der Waals surface area (Å²) in [5, 5.41) is 0. The predicted molar refractivity (Wildman–Crippen MR) is 111 cm³/mol. The smallest absolute Gasteiger partial charge is 0.163 e. The third-order valence-corrected chi connectivity index (χ3v) is 6.73. The van der Waals surface area contributed by atoms with Gasteiger partial charge in [0.05, 0.1) is 39.0 Å². The van der Waals surface area contributed by atoms with Crippen LogP contribution in [0, 0.1) is 0 Å². The van der Waals surface area contributed by atoms with Crippen molar-refractivity contribution in [1.82, 2.24) is 4.90 Å². The molecule has 3 fully saturated rings. The molecular formula is C23H32N2O3. The molecule has 152 valence electrons. The van der Waals surface area contributed by atoms with Gasteiger partial charge in [-0.05, 0) is 63.3 Å². The van der Waals surface area contributed by atoms with E-state index >= 15 is 0 Å². The minimum atomic E-state index is 0.488. The van der Waals surface area contributed by atoms with E-state index in [9.17, 15) is 0 Å². The zero-order valence-corrected chi connectivity index (χ0v) is 17.0. The summed E-state index contributed by atoms with van der Waals surface area (Å²) in [4.78, 5) is 5.15. The second-order valence-corrected chi connectivity index (χ2v) is 8.54. The van der Waals surface area contributed by atoms with E-state index in [2.05, 4.69) is 28.0 Å². The summed E-state index contributed by atoms with van der Waals surface area (Å²) in [6.45, 7) is 6.03. The molecule has 0 spiro atoms. The SMILES string of the molecule is COc1cc2c(cc1OCCCN1CCCC1)N(C1COC1)C1CCCC1=C2. The number of ether oxygens (including phenoxy) is 3. The molecule has 1 atom stereocenters. The Hall–Kier alpha value is -1.72. The first-order valence-corrected chi connectivity index (χ1v) is 11.0. The fourth-order valence-electron chi connectivity index (χ4n) is 5.19. The van der Waals surface area contributed by atoms with Crippen LogP contribution in [0.5, 0.6) is 11.5 Å². The Balaban J connectivity index is 1.35. The van der Waals surface area contributed by atoms with E-state index in [0.29, 0.717) is 12.1 Å². The standard InChI is InChI=1S/C23H32N2O3/c1-26-22-13-18-12-17-6-4-7-20(17)25(19-15-27-16-19)21(18)14-23(22)28-11-5-10-24-8-2-3-9-24/h12-14,19-20H,2-11,15-16H2,1H3. The van der Waals surface area contributed by atoms with Crippen molar-refractivity contribution in [1.29, 1.82) is 0 Å². The molecule has 2 saturated heterocycles. The highest BCUT2D eigenvalue weighted by atomic mass is 16.5. The highest BCUT2D eigenvalue weighted by Crippen LogP contribution is 2.46. The maximum atomic E-state index is 6.21. The summed E-state index contributed by atoms with van der Waals surface area (Å²) in [5.74, 6) is 1.72. The zero-order valence-electron chi connectivity index (χ0n) is 17.0. The second-order valence-electron chi connectivity index (χ2n) is 8.54. The fraction of sp³-hybridized carbons (Fsp3) is 0.652. The predicted octanol–water partition coefficient (Wildman–Crippen LogP) is 3.71. The number of methoxy groups -OCH3 is 1. The molecule has 1 aliphatic carbocycles. The van der Waals surface area contributed by atoms with Crippen molar-refractivity contribution in [2.75, 3.05) is 51.5 Å². The van der Waals surface area contributed by atoms with Crippen LogP contribution < -0.4 is 14.4 Å². The Labute approximate surface area is 168 Å². The molecule has 0 amide bonds. The van der Waals surface area contributed by atoms with Crippen LogP contribution in [0.25, 0.3) is 6.08 Å². The molecule has 28 heavy (non-hydrogen) atoms. The molecular weight excluding hydrogens is 352 g/mol. The molecule has 3 aliphatic heterocycles. The number of nitrogens with zero attached hydrogens (tertiary/aromatic N) is 2. The highest BCUT2D eigenvalue weighted by molar-refractivity contribution is 5.79. The number of anilines is 1. The summed E-state index contributed by atoms with van der Waals surface area (Å²) in [6.07, 6.45) is 9.89. The number of hydrogen-bond acceptors (Lipinski definition) is 5. The molecule has 1 aromatic rings. The van der Waals surface area contributed by atoms with Crippen LogP contribution >= 0.6 is 0 Å². The number of hydrogen-bond donors (Lipinski definition) is 0. The van der Waals surface area contributed by atoms with Gasteiger partial charge >= 0.3 is 0 Å². The first-order chi connectivity index (χ1) is 13.8. The van der Waals surface area contributed by atoms with Crippen molar-refractivity contribution >= 4 is 11.8 Å². The van der Waals surface area contributed by atoms with Crippen molar-refractivity contribution in [2.45, 2.75) is 50.6 Å². The van der Waals surface area contributed by atoms with Crippen molar-refractivity contribution < 1.29 is 14.2 Å². The lowest BCUT2D eigenvalue weighted by Gasteiger charge is -2.45. The lowest BCUT2D eigenvalue weighted by molar-refractivity contribution is 0.00582. The molecule has 4 aliphatic rings. The number of benzene rings is 1. The van der Waals surface area contributed by atoms with E-state index < -0.39 is 0 Å². The van der Waals surface area contributed by atoms with Crippen LogP contribution in [-0.4, -0.2) is 63.5 Å². The third-order valence-electron chi connectivity index (χ3n) is 6.73. The van der Waals surface area contributed by atoms with E-state index in [4.69, 9.17) is 14.2 Å². The first kappa shape index (κ1) is 18.3. The van der Waals surface area contributed by atoms with Gasteiger partial charge in [-0.1, -0.05) is 6.08 Å². The van der Waals surface area contributed by atoms with Gasteiger partial charge in [-0.3, -0.25) is 0 Å². The van der Waals surface area contributed by atoms with Crippen LogP contribution in [0.4, 0.5) is 5.69 Å². The van der Waals surface area contributed by atoms with Gasteiger partial charge in [-0.25, -0.2) is 0 Å². The Kier molecular flexibility index (Phi) is 5.20. The molecule has 0 N–H and O–H groups in total. The molecule has 0 aromatic heterocycles. The largest absolute Gasteiger partial charge is 0.493 e. The van der Waals surface area contributed by atoms with Crippen LogP contribution in [0.3, 0.4) is 0 Å². The Morgan fingerprint density at radius 2 is 1.96 bits per heavy atom. The van der Waals surface area contributed by atoms with Gasteiger partial charge in [0, 0.05) is 23.9 Å². The van der Waals surface area contributed by atoms with Crippen LogP contribution in [0.2, 0.25) is 0 Å². The van der Waals surface area contributed by atoms with Crippen LogP contribution in [0.15, 0.2) is 17.7 Å². The molecule has 1 saturated carbocycles. The molecule has 5 heteroatoms. The normalized spacial score (nSPS) is 24.5. The fourth-order valence-corrected chi connectivity index (χ4v) is 5.19. The third kappa shape index (κ3) is 3.39. The van der Waals surface area contributed by atoms with Crippen molar-refractivity contribution in [2.24, 2.45) is 0 Å². The van der Waals surface area contributed by atoms with E-state index in [-0.39, 0.29) is 0 Å². The van der Waals surface area contributed by atoms with E-state index in [0.717, 1.165) is 44.3 Å². The van der Waals surface area contributed by atoms with Gasteiger partial charge < -0.3 is 24.0 Å². The Morgan fingerprint density at radius 1 is 1.11 bits per heavy atom. The quantitative estimate of drug-likeness (QED) is 0.670. The number of rotatable bonds is 7. The second kappa shape index (κ2) is 7.96. The summed E-state index contributed by atoms with van der Waals surface area (Å²) in [5.41, 5.74) is 4.13. The average molecular weight is 385 g/mol. The number of likely N-dealkylation sites (tertiary alicyclic amines) is 1. The topological polar surface area (TPSA) is 34.2 Å². The summed E-state index contributed by atoms with van der Waals surface area (Å²) < 4.78 is 17.4. The molecule has 3 heterocycles. The minimum absolute atomic E-state index is 0.488. The summed E-state index contributed by atoms with van der Waals surface area (Å²) >= 11 is 0. The average Bonchev–Trinajstić information content (AvgIpc) is 3.34. The molecule has 0 radical (unpaired) electrons. The van der Waals surface area contributed by atoms with Crippen molar-refractivity contribution in [3.8, 4) is 11.5 Å². The van der Waals surface area contributed by atoms with Gasteiger partial charge in [-0.2, -0.15) is 0 Å². The zero-order chi connectivity index (χ0) is 18.9.